The molecule has 2 heteroatoms. The second kappa shape index (κ2) is 4.54. The van der Waals surface area contributed by atoms with Gasteiger partial charge in [0.05, 0.1) is 12.5 Å². The van der Waals surface area contributed by atoms with Crippen molar-refractivity contribution >= 4 is 5.97 Å². The lowest BCUT2D eigenvalue weighted by Crippen LogP contribution is -2.48. The summed E-state index contributed by atoms with van der Waals surface area (Å²) in [5.41, 5.74) is 0.373. The highest BCUT2D eigenvalue weighted by Crippen LogP contribution is 2.60. The SMILES string of the molecule is CCC(C)C(=O)OCC12CC3CC(CC(C3)C1)C2. The van der Waals surface area contributed by atoms with Crippen LogP contribution < -0.4 is 0 Å². The zero-order valence-electron chi connectivity index (χ0n) is 11.8. The summed E-state index contributed by atoms with van der Waals surface area (Å²) < 4.78 is 5.64. The van der Waals surface area contributed by atoms with Crippen LogP contribution in [0.4, 0.5) is 0 Å². The molecule has 18 heavy (non-hydrogen) atoms. The lowest BCUT2D eigenvalue weighted by molar-refractivity contribution is -0.159. The second-order valence-electron chi connectivity index (χ2n) is 7.33. The van der Waals surface area contributed by atoms with Crippen molar-refractivity contribution in [2.45, 2.75) is 58.8 Å². The van der Waals surface area contributed by atoms with Gasteiger partial charge in [0.25, 0.3) is 0 Å². The van der Waals surface area contributed by atoms with Gasteiger partial charge in [0.15, 0.2) is 0 Å². The number of carbonyl (C=O) groups is 1. The fourth-order valence-electron chi connectivity index (χ4n) is 5.00. The van der Waals surface area contributed by atoms with Gasteiger partial charge in [-0.25, -0.2) is 0 Å². The Morgan fingerprint density at radius 1 is 1.17 bits per heavy atom. The van der Waals surface area contributed by atoms with Gasteiger partial charge < -0.3 is 4.74 Å². The lowest BCUT2D eigenvalue weighted by Gasteiger charge is -2.56. The van der Waals surface area contributed by atoms with E-state index in [1.807, 2.05) is 6.92 Å². The summed E-state index contributed by atoms with van der Waals surface area (Å²) in [6, 6.07) is 0. The van der Waals surface area contributed by atoms with Crippen molar-refractivity contribution in [1.29, 1.82) is 0 Å². The number of hydrogen-bond acceptors (Lipinski definition) is 2. The molecule has 4 saturated carbocycles. The van der Waals surface area contributed by atoms with Crippen molar-refractivity contribution in [3.05, 3.63) is 0 Å². The number of ether oxygens (including phenoxy) is 1. The van der Waals surface area contributed by atoms with E-state index in [1.54, 1.807) is 0 Å². The molecule has 0 saturated heterocycles. The first-order valence-electron chi connectivity index (χ1n) is 7.77. The zero-order valence-corrected chi connectivity index (χ0v) is 11.8. The molecule has 0 aromatic rings. The van der Waals surface area contributed by atoms with Crippen LogP contribution in [0.2, 0.25) is 0 Å². The van der Waals surface area contributed by atoms with Gasteiger partial charge in [-0.2, -0.15) is 0 Å². The van der Waals surface area contributed by atoms with Gasteiger partial charge in [-0.3, -0.25) is 4.79 Å². The van der Waals surface area contributed by atoms with Crippen LogP contribution in [0.5, 0.6) is 0 Å². The van der Waals surface area contributed by atoms with E-state index in [1.165, 1.54) is 38.5 Å². The Labute approximate surface area is 110 Å². The molecule has 2 nitrogen and oxygen atoms in total. The predicted octanol–water partition coefficient (Wildman–Crippen LogP) is 3.79. The molecule has 4 aliphatic carbocycles. The summed E-state index contributed by atoms with van der Waals surface area (Å²) in [6.45, 7) is 4.73. The van der Waals surface area contributed by atoms with Gasteiger partial charge in [-0.15, -0.1) is 0 Å². The summed E-state index contributed by atoms with van der Waals surface area (Å²) in [5.74, 6) is 2.92. The third-order valence-electron chi connectivity index (χ3n) is 5.70. The van der Waals surface area contributed by atoms with Crippen molar-refractivity contribution in [2.24, 2.45) is 29.1 Å². The third kappa shape index (κ3) is 2.19. The minimum atomic E-state index is 0.0215. The zero-order chi connectivity index (χ0) is 12.8. The summed E-state index contributed by atoms with van der Waals surface area (Å²) in [6.07, 6.45) is 9.24. The number of hydrogen-bond donors (Lipinski definition) is 0. The standard InChI is InChI=1S/C16H26O2/c1-3-11(2)15(17)18-10-16-7-12-4-13(8-16)6-14(5-12)9-16/h11-14H,3-10H2,1-2H3. The molecule has 4 rings (SSSR count). The number of esters is 1. The maximum atomic E-state index is 11.8. The maximum absolute atomic E-state index is 11.8. The average Bonchev–Trinajstić information content (AvgIpc) is 2.33. The van der Waals surface area contributed by atoms with Crippen LogP contribution >= 0.6 is 0 Å². The molecule has 0 spiro atoms. The summed E-state index contributed by atoms with van der Waals surface area (Å²) >= 11 is 0. The largest absolute Gasteiger partial charge is 0.465 e. The van der Waals surface area contributed by atoms with Crippen molar-refractivity contribution in [2.75, 3.05) is 6.61 Å². The first kappa shape index (κ1) is 12.5. The van der Waals surface area contributed by atoms with Crippen molar-refractivity contribution in [3.63, 3.8) is 0 Å². The molecule has 102 valence electrons. The molecule has 4 bridgehead atoms. The van der Waals surface area contributed by atoms with Gasteiger partial charge >= 0.3 is 5.97 Å². The predicted molar refractivity (Wildman–Crippen MR) is 71.0 cm³/mol. The fourth-order valence-corrected chi connectivity index (χ4v) is 5.00. The highest BCUT2D eigenvalue weighted by atomic mass is 16.5. The fraction of sp³-hybridized carbons (Fsp3) is 0.938. The van der Waals surface area contributed by atoms with E-state index in [9.17, 15) is 4.79 Å². The molecule has 4 aliphatic rings. The molecule has 1 atom stereocenters. The quantitative estimate of drug-likeness (QED) is 0.710. The Morgan fingerprint density at radius 2 is 1.67 bits per heavy atom. The van der Waals surface area contributed by atoms with E-state index in [4.69, 9.17) is 4.74 Å². The van der Waals surface area contributed by atoms with Gasteiger partial charge in [0.2, 0.25) is 0 Å². The third-order valence-corrected chi connectivity index (χ3v) is 5.70. The van der Waals surface area contributed by atoms with Crippen LogP contribution in [0.25, 0.3) is 0 Å². The van der Waals surface area contributed by atoms with E-state index >= 15 is 0 Å². The van der Waals surface area contributed by atoms with Crippen LogP contribution in [0.1, 0.15) is 58.8 Å². The monoisotopic (exact) mass is 250 g/mol. The molecule has 0 N–H and O–H groups in total. The number of carbonyl (C=O) groups excluding carboxylic acids is 1. The van der Waals surface area contributed by atoms with Crippen molar-refractivity contribution in [1.82, 2.24) is 0 Å². The van der Waals surface area contributed by atoms with Gasteiger partial charge in [-0.05, 0) is 62.7 Å². The average molecular weight is 250 g/mol. The minimum absolute atomic E-state index is 0.0215. The van der Waals surface area contributed by atoms with Crippen LogP contribution in [0.3, 0.4) is 0 Å². The second-order valence-corrected chi connectivity index (χ2v) is 7.33. The molecule has 1 unspecified atom stereocenters. The molecule has 0 heterocycles. The van der Waals surface area contributed by atoms with E-state index in [0.717, 1.165) is 24.2 Å². The first-order chi connectivity index (χ1) is 8.60. The molecule has 0 aromatic heterocycles. The Kier molecular flexibility index (Phi) is 3.15. The molecule has 0 aliphatic heterocycles. The maximum Gasteiger partial charge on any atom is 0.308 e. The summed E-state index contributed by atoms with van der Waals surface area (Å²) in [5, 5.41) is 0. The van der Waals surface area contributed by atoms with Crippen LogP contribution in [0, 0.1) is 29.1 Å². The Hall–Kier alpha value is -0.530. The molecular formula is C16H26O2. The Morgan fingerprint density at radius 3 is 2.11 bits per heavy atom. The minimum Gasteiger partial charge on any atom is -0.465 e. The Bertz CT molecular complexity index is 299. The smallest absolute Gasteiger partial charge is 0.308 e. The Balaban J connectivity index is 1.61. The van der Waals surface area contributed by atoms with Crippen LogP contribution in [-0.2, 0) is 9.53 Å². The van der Waals surface area contributed by atoms with Crippen LogP contribution in [-0.4, -0.2) is 12.6 Å². The van der Waals surface area contributed by atoms with E-state index in [2.05, 4.69) is 6.92 Å². The number of rotatable bonds is 4. The normalized spacial score (nSPS) is 42.9. The molecular weight excluding hydrogens is 224 g/mol. The van der Waals surface area contributed by atoms with Gasteiger partial charge in [-0.1, -0.05) is 13.8 Å². The van der Waals surface area contributed by atoms with Gasteiger partial charge in [0, 0.05) is 5.41 Å². The van der Waals surface area contributed by atoms with E-state index < -0.39 is 0 Å². The summed E-state index contributed by atoms with van der Waals surface area (Å²) in [7, 11) is 0. The lowest BCUT2D eigenvalue weighted by atomic mass is 9.50. The van der Waals surface area contributed by atoms with Crippen molar-refractivity contribution < 1.29 is 9.53 Å². The highest BCUT2D eigenvalue weighted by Gasteiger charge is 2.51. The van der Waals surface area contributed by atoms with Gasteiger partial charge in [0.1, 0.15) is 0 Å². The molecule has 0 radical (unpaired) electrons. The van der Waals surface area contributed by atoms with Crippen molar-refractivity contribution in [3.8, 4) is 0 Å². The van der Waals surface area contributed by atoms with E-state index in [-0.39, 0.29) is 11.9 Å². The topological polar surface area (TPSA) is 26.3 Å². The van der Waals surface area contributed by atoms with E-state index in [0.29, 0.717) is 12.0 Å². The van der Waals surface area contributed by atoms with Crippen LogP contribution in [0.15, 0.2) is 0 Å². The highest BCUT2D eigenvalue weighted by molar-refractivity contribution is 5.71. The summed E-state index contributed by atoms with van der Waals surface area (Å²) in [4.78, 5) is 11.8. The molecule has 0 aromatic carbocycles. The molecule has 4 fully saturated rings. The first-order valence-corrected chi connectivity index (χ1v) is 7.77. The molecule has 0 amide bonds.